The van der Waals surface area contributed by atoms with Crippen molar-refractivity contribution in [2.45, 2.75) is 43.8 Å². The fraction of sp³-hybridized carbons (Fsp3) is 0.500. The van der Waals surface area contributed by atoms with Gasteiger partial charge in [-0.3, -0.25) is 14.7 Å². The zero-order valence-electron chi connectivity index (χ0n) is 26.4. The molecule has 2 saturated heterocycles. The van der Waals surface area contributed by atoms with E-state index < -0.39 is 0 Å². The Morgan fingerprint density at radius 3 is 2.72 bits per heavy atom. The number of piperazine rings is 2. The summed E-state index contributed by atoms with van der Waals surface area (Å²) in [5, 5.41) is 12.3. The summed E-state index contributed by atoms with van der Waals surface area (Å²) in [5.41, 5.74) is 3.03. The summed E-state index contributed by atoms with van der Waals surface area (Å²) in [7, 11) is 2.18. The van der Waals surface area contributed by atoms with Gasteiger partial charge in [-0.1, -0.05) is 30.3 Å². The first kappa shape index (κ1) is 30.7. The number of likely N-dealkylation sites (N-methyl/N-ethyl adjacent to an activating group) is 1. The Bertz CT molecular complexity index is 1680. The predicted molar refractivity (Wildman–Crippen MR) is 178 cm³/mol. The third-order valence-electron chi connectivity index (χ3n) is 10.1. The Morgan fingerprint density at radius 2 is 1.96 bits per heavy atom. The molecule has 12 heteroatoms. The number of halogens is 1. The number of carbonyl (C=O) groups is 1. The van der Waals surface area contributed by atoms with Crippen molar-refractivity contribution >= 4 is 39.8 Å². The van der Waals surface area contributed by atoms with Gasteiger partial charge in [-0.05, 0) is 38.5 Å². The first-order valence-corrected chi connectivity index (χ1v) is 16.6. The molecule has 1 amide bonds. The molecule has 7 rings (SSSR count). The van der Waals surface area contributed by atoms with Gasteiger partial charge in [-0.25, -0.2) is 0 Å². The van der Waals surface area contributed by atoms with E-state index in [0.29, 0.717) is 43.8 Å². The van der Waals surface area contributed by atoms with Crippen molar-refractivity contribution < 1.29 is 9.53 Å². The molecule has 5 heterocycles. The van der Waals surface area contributed by atoms with Crippen LogP contribution in [0.3, 0.4) is 0 Å². The summed E-state index contributed by atoms with van der Waals surface area (Å²) in [6.45, 7) is 11.3. The van der Waals surface area contributed by atoms with Crippen molar-refractivity contribution in [1.82, 2.24) is 29.7 Å². The number of nitriles is 1. The van der Waals surface area contributed by atoms with Gasteiger partial charge in [0.15, 0.2) is 0 Å². The topological polar surface area (TPSA) is 105 Å². The van der Waals surface area contributed by atoms with Crippen molar-refractivity contribution in [3.63, 3.8) is 0 Å². The highest BCUT2D eigenvalue weighted by Gasteiger charge is 2.49. The molecule has 3 aliphatic heterocycles. The Kier molecular flexibility index (Phi) is 8.44. The third kappa shape index (κ3) is 5.85. The minimum Gasteiger partial charge on any atom is -0.461 e. The number of anilines is 2. The van der Waals surface area contributed by atoms with E-state index in [9.17, 15) is 10.1 Å². The summed E-state index contributed by atoms with van der Waals surface area (Å²) >= 11 is 6.71. The van der Waals surface area contributed by atoms with Gasteiger partial charge in [0, 0.05) is 74.9 Å². The Morgan fingerprint density at radius 1 is 1.13 bits per heavy atom. The number of hydrogen-bond donors (Lipinski definition) is 0. The maximum atomic E-state index is 12.6. The van der Waals surface area contributed by atoms with Crippen LogP contribution in [0.2, 0.25) is 5.02 Å². The normalized spacial score (nSPS) is 21.5. The Balaban J connectivity index is 1.20. The van der Waals surface area contributed by atoms with Gasteiger partial charge in [-0.2, -0.15) is 15.2 Å². The number of fused-ring (bicyclic) bond motifs is 2. The highest BCUT2D eigenvalue weighted by molar-refractivity contribution is 6.36. The van der Waals surface area contributed by atoms with Gasteiger partial charge in [0.2, 0.25) is 5.91 Å². The van der Waals surface area contributed by atoms with E-state index in [4.69, 9.17) is 26.3 Å². The van der Waals surface area contributed by atoms with E-state index >= 15 is 0 Å². The van der Waals surface area contributed by atoms with Gasteiger partial charge < -0.3 is 24.3 Å². The van der Waals surface area contributed by atoms with Crippen LogP contribution >= 0.6 is 11.6 Å². The first-order chi connectivity index (χ1) is 22.4. The van der Waals surface area contributed by atoms with Gasteiger partial charge in [0.25, 0.3) is 0 Å². The molecular weight excluding hydrogens is 602 g/mol. The Labute approximate surface area is 275 Å². The minimum absolute atomic E-state index is 0.0483. The van der Waals surface area contributed by atoms with E-state index in [-0.39, 0.29) is 23.9 Å². The van der Waals surface area contributed by atoms with E-state index in [1.165, 1.54) is 6.08 Å². The predicted octanol–water partition coefficient (Wildman–Crippen LogP) is 3.52. The number of amides is 1. The summed E-state index contributed by atoms with van der Waals surface area (Å²) in [5.74, 6) is 0.692. The van der Waals surface area contributed by atoms with Gasteiger partial charge >= 0.3 is 6.01 Å². The molecule has 1 aromatic carbocycles. The van der Waals surface area contributed by atoms with Crippen molar-refractivity contribution in [2.24, 2.45) is 0 Å². The highest BCUT2D eigenvalue weighted by atomic mass is 35.5. The smallest absolute Gasteiger partial charge is 0.318 e. The quantitative estimate of drug-likeness (QED) is 0.339. The molecule has 46 heavy (non-hydrogen) atoms. The van der Waals surface area contributed by atoms with E-state index in [1.54, 1.807) is 4.90 Å². The molecule has 1 atom stereocenters. The zero-order valence-corrected chi connectivity index (χ0v) is 27.1. The van der Waals surface area contributed by atoms with Gasteiger partial charge in [-0.15, -0.1) is 0 Å². The number of hydrogen-bond acceptors (Lipinski definition) is 10. The van der Waals surface area contributed by atoms with Gasteiger partial charge in [0.1, 0.15) is 12.4 Å². The number of rotatable bonds is 8. The molecule has 0 unspecified atom stereocenters. The second-order valence-corrected chi connectivity index (χ2v) is 13.3. The average Bonchev–Trinajstić information content (AvgIpc) is 3.88. The molecule has 240 valence electrons. The molecule has 0 radical (unpaired) electrons. The Hall–Kier alpha value is -3.98. The van der Waals surface area contributed by atoms with Crippen molar-refractivity contribution in [1.29, 1.82) is 5.26 Å². The minimum atomic E-state index is -0.254. The van der Waals surface area contributed by atoms with E-state index in [0.717, 1.165) is 85.5 Å². The van der Waals surface area contributed by atoms with Crippen molar-refractivity contribution in [3.8, 4) is 12.1 Å². The number of carbonyl (C=O) groups excluding carboxylic acids is 1. The molecule has 3 fully saturated rings. The summed E-state index contributed by atoms with van der Waals surface area (Å²) in [6.07, 6.45) is 8.26. The van der Waals surface area contributed by atoms with Crippen LogP contribution in [0, 0.1) is 11.3 Å². The van der Waals surface area contributed by atoms with Crippen LogP contribution in [0.4, 0.5) is 11.5 Å². The lowest BCUT2D eigenvalue weighted by molar-refractivity contribution is -0.128. The SMILES string of the molecule is C=CC(=O)N1CCN(c2nc(OCC3(N4CCN(C)CC4)CC3)nc3c2CCN(c2cncc4cccc(Cl)c24)C3)C[C@@H]1CC#N. The van der Waals surface area contributed by atoms with Crippen LogP contribution in [-0.4, -0.2) is 113 Å². The standard InChI is InChI=1S/C34H40ClN9O2/c1-3-30(45)44-18-15-42(21-25(44)7-11-36)32-26-8-12-41(29-20-37-19-24-5-4-6-27(35)31(24)29)22-28(26)38-33(39-32)46-23-34(9-10-34)43-16-13-40(2)14-17-43/h3-6,19-20,25H,1,7-10,12-18,21-23H2,2H3/t25-/m0/s1. The van der Waals surface area contributed by atoms with E-state index in [2.05, 4.69) is 44.3 Å². The number of benzene rings is 1. The second kappa shape index (κ2) is 12.7. The number of nitrogens with zero attached hydrogens (tertiary/aromatic N) is 9. The monoisotopic (exact) mass is 641 g/mol. The fourth-order valence-electron chi connectivity index (χ4n) is 7.24. The van der Waals surface area contributed by atoms with Crippen LogP contribution in [0.5, 0.6) is 6.01 Å². The lowest BCUT2D eigenvalue weighted by atomic mass is 10.0. The molecule has 4 aliphatic rings. The molecule has 11 nitrogen and oxygen atoms in total. The molecule has 0 spiro atoms. The third-order valence-corrected chi connectivity index (χ3v) is 10.4. The van der Waals surface area contributed by atoms with Crippen LogP contribution in [-0.2, 0) is 17.8 Å². The maximum absolute atomic E-state index is 12.6. The first-order valence-electron chi connectivity index (χ1n) is 16.2. The molecule has 1 aliphatic carbocycles. The lowest BCUT2D eigenvalue weighted by Crippen LogP contribution is -2.55. The molecule has 3 aromatic rings. The van der Waals surface area contributed by atoms with Crippen LogP contribution < -0.4 is 14.5 Å². The maximum Gasteiger partial charge on any atom is 0.318 e. The van der Waals surface area contributed by atoms with Crippen LogP contribution in [0.1, 0.15) is 30.5 Å². The largest absolute Gasteiger partial charge is 0.461 e. The average molecular weight is 642 g/mol. The van der Waals surface area contributed by atoms with Crippen LogP contribution in [0.15, 0.2) is 43.2 Å². The number of ether oxygens (including phenoxy) is 1. The molecule has 0 N–H and O–H groups in total. The number of pyridine rings is 1. The summed E-state index contributed by atoms with van der Waals surface area (Å²) < 4.78 is 6.51. The van der Waals surface area contributed by atoms with E-state index in [1.807, 2.05) is 30.6 Å². The van der Waals surface area contributed by atoms with Gasteiger partial charge in [0.05, 0.1) is 53.2 Å². The molecule has 1 saturated carbocycles. The fourth-order valence-corrected chi connectivity index (χ4v) is 7.52. The lowest BCUT2D eigenvalue weighted by Gasteiger charge is -2.42. The summed E-state index contributed by atoms with van der Waals surface area (Å²) in [6, 6.07) is 8.29. The number of aromatic nitrogens is 3. The summed E-state index contributed by atoms with van der Waals surface area (Å²) in [4.78, 5) is 38.4. The van der Waals surface area contributed by atoms with Crippen molar-refractivity contribution in [3.05, 3.63) is 59.5 Å². The van der Waals surface area contributed by atoms with Crippen molar-refractivity contribution in [2.75, 3.05) is 75.8 Å². The van der Waals surface area contributed by atoms with Crippen LogP contribution in [0.25, 0.3) is 10.8 Å². The molecular formula is C34H40ClN9O2. The molecule has 2 aromatic heterocycles. The highest BCUT2D eigenvalue weighted by Crippen LogP contribution is 2.43. The zero-order chi connectivity index (χ0) is 31.8. The molecule has 0 bridgehead atoms. The second-order valence-electron chi connectivity index (χ2n) is 12.9.